The van der Waals surface area contributed by atoms with Crippen molar-refractivity contribution >= 4 is 17.5 Å². The van der Waals surface area contributed by atoms with Crippen LogP contribution in [-0.4, -0.2) is 59.1 Å². The Balaban J connectivity index is 1.40. The fourth-order valence-corrected chi connectivity index (χ4v) is 3.29. The Kier molecular flexibility index (Phi) is 7.15. The second-order valence-electron chi connectivity index (χ2n) is 7.05. The molecule has 1 aliphatic rings. The van der Waals surface area contributed by atoms with Crippen LogP contribution in [-0.2, 0) is 22.6 Å². The molecule has 3 rings (SSSR count). The first-order valence-corrected chi connectivity index (χ1v) is 9.59. The van der Waals surface area contributed by atoms with E-state index < -0.39 is 6.10 Å². The van der Waals surface area contributed by atoms with Crippen LogP contribution < -0.4 is 15.4 Å². The zero-order valence-electron chi connectivity index (χ0n) is 16.4. The molecule has 29 heavy (non-hydrogen) atoms. The average Bonchev–Trinajstić information content (AvgIpc) is 2.71. The van der Waals surface area contributed by atoms with Crippen LogP contribution in [0.2, 0.25) is 0 Å². The van der Waals surface area contributed by atoms with Gasteiger partial charge in [-0.15, -0.1) is 0 Å². The van der Waals surface area contributed by atoms with Crippen molar-refractivity contribution in [2.24, 2.45) is 0 Å². The molecule has 1 aromatic heterocycles. The molecule has 154 valence electrons. The van der Waals surface area contributed by atoms with Crippen LogP contribution in [0, 0.1) is 0 Å². The third kappa shape index (κ3) is 6.27. The zero-order chi connectivity index (χ0) is 20.6. The van der Waals surface area contributed by atoms with E-state index in [1.807, 2.05) is 12.1 Å². The number of aromatic nitrogens is 1. The third-order valence-corrected chi connectivity index (χ3v) is 4.67. The Morgan fingerprint density at radius 3 is 2.86 bits per heavy atom. The third-order valence-electron chi connectivity index (χ3n) is 4.67. The number of hydrogen-bond acceptors (Lipinski definition) is 6. The Morgan fingerprint density at radius 1 is 1.28 bits per heavy atom. The average molecular weight is 398 g/mol. The summed E-state index contributed by atoms with van der Waals surface area (Å²) in [5.74, 6) is -0.287. The first kappa shape index (κ1) is 20.8. The predicted octanol–water partition coefficient (Wildman–Crippen LogP) is 0.954. The molecule has 2 aromatic rings. The molecule has 0 spiro atoms. The molecule has 8 heteroatoms. The van der Waals surface area contributed by atoms with Crippen LogP contribution in [0.15, 0.2) is 42.7 Å². The maximum atomic E-state index is 12.0. The number of rotatable bonds is 8. The molecule has 2 amide bonds. The lowest BCUT2D eigenvalue weighted by Crippen LogP contribution is -2.42. The Hall–Kier alpha value is -2.97. The molecular formula is C21H26N4O4. The molecule has 1 unspecified atom stereocenters. The number of ether oxygens (including phenoxy) is 1. The van der Waals surface area contributed by atoms with E-state index in [1.54, 1.807) is 6.07 Å². The molecule has 0 saturated heterocycles. The van der Waals surface area contributed by atoms with Gasteiger partial charge in [-0.3, -0.25) is 19.5 Å². The standard InChI is InChI=1S/C21H26N4O4/c1-15(26)24-19-6-8-22-11-20(19)29-14-21(28)23-10-18(27)13-25-9-7-16-4-2-3-5-17(16)12-25/h2-6,8,11,18,27H,7,9-10,12-14H2,1H3,(H,23,28)(H,22,24,26). The first-order chi connectivity index (χ1) is 14.0. The number of β-amino-alcohol motifs (C(OH)–C–C–N with tert-alkyl or cyclic N) is 1. The minimum atomic E-state index is -0.669. The number of benzene rings is 1. The lowest BCUT2D eigenvalue weighted by molar-refractivity contribution is -0.123. The van der Waals surface area contributed by atoms with E-state index in [4.69, 9.17) is 4.74 Å². The molecule has 1 aromatic carbocycles. The number of aliphatic hydroxyl groups excluding tert-OH is 1. The van der Waals surface area contributed by atoms with E-state index in [-0.39, 0.29) is 25.0 Å². The van der Waals surface area contributed by atoms with Crippen LogP contribution in [0.1, 0.15) is 18.1 Å². The number of aliphatic hydroxyl groups is 1. The minimum Gasteiger partial charge on any atom is -0.480 e. The van der Waals surface area contributed by atoms with Gasteiger partial charge in [-0.05, 0) is 23.6 Å². The fraction of sp³-hybridized carbons (Fsp3) is 0.381. The van der Waals surface area contributed by atoms with Crippen molar-refractivity contribution in [3.63, 3.8) is 0 Å². The molecule has 0 radical (unpaired) electrons. The molecule has 1 atom stereocenters. The molecule has 3 N–H and O–H groups in total. The largest absolute Gasteiger partial charge is 0.480 e. The van der Waals surface area contributed by atoms with Crippen LogP contribution in [0.5, 0.6) is 5.75 Å². The van der Waals surface area contributed by atoms with Crippen LogP contribution in [0.4, 0.5) is 5.69 Å². The fourth-order valence-electron chi connectivity index (χ4n) is 3.29. The number of carbonyl (C=O) groups is 2. The molecule has 0 saturated carbocycles. The molecule has 0 aliphatic carbocycles. The van der Waals surface area contributed by atoms with E-state index in [9.17, 15) is 14.7 Å². The number of nitrogens with zero attached hydrogens (tertiary/aromatic N) is 2. The number of hydrogen-bond donors (Lipinski definition) is 3. The number of fused-ring (bicyclic) bond motifs is 1. The second kappa shape index (κ2) is 9.99. The lowest BCUT2D eigenvalue weighted by atomic mass is 10.00. The molecule has 0 bridgehead atoms. The Bertz CT molecular complexity index is 858. The molecule has 0 fully saturated rings. The van der Waals surface area contributed by atoms with Gasteiger partial charge >= 0.3 is 0 Å². The SMILES string of the molecule is CC(=O)Nc1ccncc1OCC(=O)NCC(O)CN1CCc2ccccc2C1. The van der Waals surface area contributed by atoms with Gasteiger partial charge in [-0.2, -0.15) is 0 Å². The van der Waals surface area contributed by atoms with Gasteiger partial charge in [0.1, 0.15) is 0 Å². The van der Waals surface area contributed by atoms with E-state index in [2.05, 4.69) is 32.7 Å². The lowest BCUT2D eigenvalue weighted by Gasteiger charge is -2.30. The van der Waals surface area contributed by atoms with E-state index in [0.717, 1.165) is 19.5 Å². The normalized spacial score (nSPS) is 14.6. The number of anilines is 1. The zero-order valence-corrected chi connectivity index (χ0v) is 16.4. The highest BCUT2D eigenvalue weighted by atomic mass is 16.5. The summed E-state index contributed by atoms with van der Waals surface area (Å²) < 4.78 is 5.44. The second-order valence-corrected chi connectivity index (χ2v) is 7.05. The first-order valence-electron chi connectivity index (χ1n) is 9.59. The Labute approximate surface area is 169 Å². The van der Waals surface area contributed by atoms with Crippen molar-refractivity contribution < 1.29 is 19.4 Å². The summed E-state index contributed by atoms with van der Waals surface area (Å²) in [6, 6.07) is 9.92. The number of pyridine rings is 1. The van der Waals surface area contributed by atoms with Crippen LogP contribution in [0.25, 0.3) is 0 Å². The minimum absolute atomic E-state index is 0.145. The smallest absolute Gasteiger partial charge is 0.258 e. The highest BCUT2D eigenvalue weighted by molar-refractivity contribution is 5.90. The van der Waals surface area contributed by atoms with Crippen molar-refractivity contribution in [2.45, 2.75) is 26.0 Å². The predicted molar refractivity (Wildman–Crippen MR) is 108 cm³/mol. The summed E-state index contributed by atoms with van der Waals surface area (Å²) in [7, 11) is 0. The maximum absolute atomic E-state index is 12.0. The van der Waals surface area contributed by atoms with E-state index in [0.29, 0.717) is 18.0 Å². The number of nitrogens with one attached hydrogen (secondary N) is 2. The van der Waals surface area contributed by atoms with Crippen molar-refractivity contribution in [2.75, 3.05) is 31.6 Å². The summed E-state index contributed by atoms with van der Waals surface area (Å²) in [5.41, 5.74) is 3.10. The highest BCUT2D eigenvalue weighted by Crippen LogP contribution is 2.22. The van der Waals surface area contributed by atoms with Gasteiger partial charge in [0.15, 0.2) is 12.4 Å². The quantitative estimate of drug-likeness (QED) is 0.612. The summed E-state index contributed by atoms with van der Waals surface area (Å²) in [4.78, 5) is 29.4. The van der Waals surface area contributed by atoms with Crippen LogP contribution in [0.3, 0.4) is 0 Å². The highest BCUT2D eigenvalue weighted by Gasteiger charge is 2.19. The summed E-state index contributed by atoms with van der Waals surface area (Å²) in [6.07, 6.45) is 3.25. The van der Waals surface area contributed by atoms with Crippen molar-refractivity contribution in [1.82, 2.24) is 15.2 Å². The monoisotopic (exact) mass is 398 g/mol. The molecular weight excluding hydrogens is 372 g/mol. The molecule has 8 nitrogen and oxygen atoms in total. The van der Waals surface area contributed by atoms with Crippen molar-refractivity contribution in [3.05, 3.63) is 53.9 Å². The molecule has 1 aliphatic heterocycles. The van der Waals surface area contributed by atoms with Gasteiger partial charge in [-0.25, -0.2) is 0 Å². The maximum Gasteiger partial charge on any atom is 0.258 e. The van der Waals surface area contributed by atoms with Gasteiger partial charge < -0.3 is 20.5 Å². The summed E-state index contributed by atoms with van der Waals surface area (Å²) in [5, 5.41) is 15.6. The Morgan fingerprint density at radius 2 is 2.07 bits per heavy atom. The van der Waals surface area contributed by atoms with Gasteiger partial charge in [0.05, 0.1) is 18.0 Å². The summed E-state index contributed by atoms with van der Waals surface area (Å²) in [6.45, 7) is 3.48. The van der Waals surface area contributed by atoms with Crippen molar-refractivity contribution in [3.8, 4) is 5.75 Å². The van der Waals surface area contributed by atoms with Gasteiger partial charge in [0.25, 0.3) is 5.91 Å². The van der Waals surface area contributed by atoms with Gasteiger partial charge in [0, 0.05) is 39.3 Å². The van der Waals surface area contributed by atoms with Gasteiger partial charge in [0.2, 0.25) is 5.91 Å². The van der Waals surface area contributed by atoms with Gasteiger partial charge in [-0.1, -0.05) is 24.3 Å². The van der Waals surface area contributed by atoms with E-state index >= 15 is 0 Å². The topological polar surface area (TPSA) is 104 Å². The molecule has 2 heterocycles. The number of amides is 2. The summed E-state index contributed by atoms with van der Waals surface area (Å²) >= 11 is 0. The van der Waals surface area contributed by atoms with Crippen LogP contribution >= 0.6 is 0 Å². The van der Waals surface area contributed by atoms with E-state index in [1.165, 1.54) is 30.4 Å². The number of carbonyl (C=O) groups excluding carboxylic acids is 2. The van der Waals surface area contributed by atoms with Crippen molar-refractivity contribution in [1.29, 1.82) is 0 Å².